The van der Waals surface area contributed by atoms with Crippen molar-refractivity contribution < 1.29 is 21.6 Å². The summed E-state index contributed by atoms with van der Waals surface area (Å²) in [5, 5.41) is 0. The van der Waals surface area contributed by atoms with E-state index >= 15 is 0 Å². The van der Waals surface area contributed by atoms with Crippen LogP contribution in [0.4, 0.5) is 13.2 Å². The largest absolute Gasteiger partial charge is 0.416 e. The van der Waals surface area contributed by atoms with E-state index in [1.165, 1.54) is 13.0 Å². The summed E-state index contributed by atoms with van der Waals surface area (Å²) >= 11 is 0. The lowest BCUT2D eigenvalue weighted by atomic mass is 10.1. The van der Waals surface area contributed by atoms with Crippen molar-refractivity contribution in [2.45, 2.75) is 31.8 Å². The summed E-state index contributed by atoms with van der Waals surface area (Å²) in [6, 6.07) is 3.21. The van der Waals surface area contributed by atoms with Crippen molar-refractivity contribution in [2.75, 3.05) is 13.1 Å². The van der Waals surface area contributed by atoms with Gasteiger partial charge in [0.15, 0.2) is 0 Å². The summed E-state index contributed by atoms with van der Waals surface area (Å²) in [5.74, 6) is 0. The molecule has 0 saturated heterocycles. The Labute approximate surface area is 111 Å². The molecule has 0 amide bonds. The Balaban J connectivity index is 3.46. The second-order valence-electron chi connectivity index (χ2n) is 4.02. The van der Waals surface area contributed by atoms with Crippen LogP contribution in [0.3, 0.4) is 0 Å². The number of alkyl halides is 3. The van der Waals surface area contributed by atoms with Gasteiger partial charge in [-0.3, -0.25) is 0 Å². The van der Waals surface area contributed by atoms with Crippen molar-refractivity contribution in [1.82, 2.24) is 4.31 Å². The smallest absolute Gasteiger partial charge is 0.207 e. The van der Waals surface area contributed by atoms with Gasteiger partial charge in [0.2, 0.25) is 10.0 Å². The highest BCUT2D eigenvalue weighted by Gasteiger charge is 2.35. The fourth-order valence-corrected chi connectivity index (χ4v) is 3.61. The normalized spacial score (nSPS) is 13.0. The fraction of sp³-hybridized carbons (Fsp3) is 0.500. The molecule has 19 heavy (non-hydrogen) atoms. The number of rotatable bonds is 4. The van der Waals surface area contributed by atoms with Gasteiger partial charge in [0.1, 0.15) is 0 Å². The van der Waals surface area contributed by atoms with Gasteiger partial charge in [-0.05, 0) is 24.6 Å². The highest BCUT2D eigenvalue weighted by Crippen LogP contribution is 2.34. The maximum Gasteiger partial charge on any atom is 0.416 e. The highest BCUT2D eigenvalue weighted by atomic mass is 32.2. The Morgan fingerprint density at radius 1 is 1.16 bits per heavy atom. The first kappa shape index (κ1) is 16.0. The second-order valence-corrected chi connectivity index (χ2v) is 5.92. The zero-order valence-electron chi connectivity index (χ0n) is 11.0. The molecule has 108 valence electrons. The zero-order valence-corrected chi connectivity index (χ0v) is 11.8. The van der Waals surface area contributed by atoms with Crippen molar-refractivity contribution >= 4 is 10.0 Å². The number of hydrogen-bond donors (Lipinski definition) is 0. The Morgan fingerprint density at radius 3 is 2.11 bits per heavy atom. The third kappa shape index (κ3) is 3.09. The zero-order chi connectivity index (χ0) is 14.8. The van der Waals surface area contributed by atoms with Gasteiger partial charge in [0.25, 0.3) is 0 Å². The van der Waals surface area contributed by atoms with Crippen LogP contribution < -0.4 is 0 Å². The molecule has 0 saturated carbocycles. The van der Waals surface area contributed by atoms with Crippen molar-refractivity contribution in [1.29, 1.82) is 0 Å². The van der Waals surface area contributed by atoms with Crippen molar-refractivity contribution in [3.05, 3.63) is 29.3 Å². The molecule has 0 unspecified atom stereocenters. The van der Waals surface area contributed by atoms with E-state index in [1.54, 1.807) is 13.8 Å². The number of benzene rings is 1. The van der Waals surface area contributed by atoms with E-state index in [0.717, 1.165) is 16.4 Å². The highest BCUT2D eigenvalue weighted by molar-refractivity contribution is 7.89. The summed E-state index contributed by atoms with van der Waals surface area (Å²) in [6.45, 7) is 4.90. The van der Waals surface area contributed by atoms with Gasteiger partial charge in [0.05, 0.1) is 10.5 Å². The molecule has 0 bridgehead atoms. The van der Waals surface area contributed by atoms with Gasteiger partial charge in [0, 0.05) is 13.1 Å². The fourth-order valence-electron chi connectivity index (χ4n) is 1.90. The van der Waals surface area contributed by atoms with E-state index in [4.69, 9.17) is 0 Å². The summed E-state index contributed by atoms with van der Waals surface area (Å²) in [5.41, 5.74) is -1.18. The molecule has 1 aromatic rings. The van der Waals surface area contributed by atoms with E-state index in [-0.39, 0.29) is 23.5 Å². The number of halogens is 3. The predicted octanol–water partition coefficient (Wildman–Crippen LogP) is 3.04. The lowest BCUT2D eigenvalue weighted by molar-refractivity contribution is -0.138. The molecule has 0 aliphatic heterocycles. The van der Waals surface area contributed by atoms with Gasteiger partial charge in [-0.2, -0.15) is 17.5 Å². The van der Waals surface area contributed by atoms with Gasteiger partial charge in [-0.15, -0.1) is 0 Å². The maximum absolute atomic E-state index is 12.8. The first-order valence-corrected chi connectivity index (χ1v) is 7.27. The molecule has 1 rings (SSSR count). The minimum atomic E-state index is -4.56. The molecule has 0 radical (unpaired) electrons. The molecule has 0 heterocycles. The Morgan fingerprint density at radius 2 is 1.68 bits per heavy atom. The summed E-state index contributed by atoms with van der Waals surface area (Å²) in [7, 11) is -3.88. The Bertz CT molecular complexity index is 549. The first-order valence-electron chi connectivity index (χ1n) is 5.83. The lowest BCUT2D eigenvalue weighted by Gasteiger charge is -2.21. The van der Waals surface area contributed by atoms with E-state index in [1.807, 2.05) is 0 Å². The van der Waals surface area contributed by atoms with Crippen LogP contribution in [0.2, 0.25) is 0 Å². The minimum Gasteiger partial charge on any atom is -0.207 e. The number of nitrogens with zero attached hydrogens (tertiary/aromatic N) is 1. The van der Waals surface area contributed by atoms with E-state index < -0.39 is 21.8 Å². The topological polar surface area (TPSA) is 37.4 Å². The molecule has 0 fully saturated rings. The Hall–Kier alpha value is -1.08. The average Bonchev–Trinajstić information content (AvgIpc) is 2.28. The summed E-state index contributed by atoms with van der Waals surface area (Å²) < 4.78 is 64.0. The molecule has 0 spiro atoms. The van der Waals surface area contributed by atoms with Gasteiger partial charge < -0.3 is 0 Å². The van der Waals surface area contributed by atoms with Crippen molar-refractivity contribution in [3.63, 3.8) is 0 Å². The number of sulfonamides is 1. The number of hydrogen-bond acceptors (Lipinski definition) is 2. The minimum absolute atomic E-state index is 0.217. The molecule has 1 aromatic carbocycles. The van der Waals surface area contributed by atoms with Gasteiger partial charge >= 0.3 is 6.18 Å². The standard InChI is InChI=1S/C12H16F3NO2S/c1-4-16(5-2)19(17,18)11-8-6-7-10(9(11)3)12(13,14)15/h6-8H,4-5H2,1-3H3. The molecule has 7 heteroatoms. The van der Waals surface area contributed by atoms with Crippen LogP contribution in [0.5, 0.6) is 0 Å². The van der Waals surface area contributed by atoms with Crippen LogP contribution in [-0.4, -0.2) is 25.8 Å². The molecular weight excluding hydrogens is 279 g/mol. The van der Waals surface area contributed by atoms with Crippen LogP contribution >= 0.6 is 0 Å². The molecule has 0 aromatic heterocycles. The lowest BCUT2D eigenvalue weighted by Crippen LogP contribution is -2.31. The molecule has 3 nitrogen and oxygen atoms in total. The summed E-state index contributed by atoms with van der Waals surface area (Å²) in [6.07, 6.45) is -4.56. The monoisotopic (exact) mass is 295 g/mol. The van der Waals surface area contributed by atoms with Crippen LogP contribution in [0, 0.1) is 6.92 Å². The molecule has 0 atom stereocenters. The molecular formula is C12H16F3NO2S. The predicted molar refractivity (Wildman–Crippen MR) is 66.3 cm³/mol. The van der Waals surface area contributed by atoms with Crippen molar-refractivity contribution in [3.8, 4) is 0 Å². The van der Waals surface area contributed by atoms with E-state index in [2.05, 4.69) is 0 Å². The first-order chi connectivity index (χ1) is 8.66. The van der Waals surface area contributed by atoms with E-state index in [0.29, 0.717) is 0 Å². The molecule has 0 aliphatic carbocycles. The third-order valence-electron chi connectivity index (χ3n) is 2.91. The van der Waals surface area contributed by atoms with E-state index in [9.17, 15) is 21.6 Å². The Kier molecular flexibility index (Phi) is 4.63. The van der Waals surface area contributed by atoms with Crippen LogP contribution in [0.1, 0.15) is 25.0 Å². The SMILES string of the molecule is CCN(CC)S(=O)(=O)c1cccc(C(F)(F)F)c1C. The third-order valence-corrected chi connectivity index (χ3v) is 5.11. The average molecular weight is 295 g/mol. The van der Waals surface area contributed by atoms with Crippen LogP contribution in [-0.2, 0) is 16.2 Å². The van der Waals surface area contributed by atoms with Crippen molar-refractivity contribution in [2.24, 2.45) is 0 Å². The van der Waals surface area contributed by atoms with Crippen LogP contribution in [0.15, 0.2) is 23.1 Å². The maximum atomic E-state index is 12.8. The second kappa shape index (κ2) is 5.50. The van der Waals surface area contributed by atoms with Gasteiger partial charge in [-0.25, -0.2) is 8.42 Å². The quantitative estimate of drug-likeness (QED) is 0.856. The van der Waals surface area contributed by atoms with Gasteiger partial charge in [-0.1, -0.05) is 19.9 Å². The molecule has 0 N–H and O–H groups in total. The molecule has 0 aliphatic rings. The summed E-state index contributed by atoms with van der Waals surface area (Å²) in [4.78, 5) is -0.286. The van der Waals surface area contributed by atoms with Crippen LogP contribution in [0.25, 0.3) is 0 Å².